The van der Waals surface area contributed by atoms with Crippen molar-refractivity contribution >= 4 is 17.5 Å². The maximum absolute atomic E-state index is 11.9. The molecule has 0 aromatic heterocycles. The van der Waals surface area contributed by atoms with Crippen LogP contribution < -0.4 is 0 Å². The number of halogens is 1. The Bertz CT molecular complexity index is 428. The molecular formula is C14H18ClNO2. The number of aryl methyl sites for hydroxylation is 2. The first-order chi connectivity index (χ1) is 8.66. The summed E-state index contributed by atoms with van der Waals surface area (Å²) in [6.45, 7) is 3.34. The number of hydrogen-bond acceptors (Lipinski definition) is 2. The molecule has 0 radical (unpaired) electrons. The normalized spacial score (nSPS) is 15.8. The van der Waals surface area contributed by atoms with Gasteiger partial charge in [-0.2, -0.15) is 0 Å². The molecule has 1 aliphatic heterocycles. The molecule has 18 heavy (non-hydrogen) atoms. The summed E-state index contributed by atoms with van der Waals surface area (Å²) in [6, 6.07) is 5.94. The van der Waals surface area contributed by atoms with Crippen molar-refractivity contribution in [3.8, 4) is 0 Å². The Morgan fingerprint density at radius 1 is 1.44 bits per heavy atom. The summed E-state index contributed by atoms with van der Waals surface area (Å²) in [7, 11) is 0. The quantitative estimate of drug-likeness (QED) is 0.842. The number of nitrogens with zero attached hydrogens (tertiary/aromatic N) is 1. The Kier molecular flexibility index (Phi) is 4.61. The van der Waals surface area contributed by atoms with E-state index < -0.39 is 0 Å². The number of hydrogen-bond donors (Lipinski definition) is 0. The van der Waals surface area contributed by atoms with E-state index >= 15 is 0 Å². The molecule has 1 heterocycles. The van der Waals surface area contributed by atoms with Gasteiger partial charge in [-0.05, 0) is 43.4 Å². The lowest BCUT2D eigenvalue weighted by atomic mass is 10.1. The molecule has 0 spiro atoms. The van der Waals surface area contributed by atoms with Gasteiger partial charge in [-0.3, -0.25) is 9.63 Å². The van der Waals surface area contributed by atoms with Gasteiger partial charge in [-0.1, -0.05) is 23.7 Å². The van der Waals surface area contributed by atoms with Gasteiger partial charge in [-0.25, -0.2) is 5.06 Å². The van der Waals surface area contributed by atoms with Crippen molar-refractivity contribution < 1.29 is 9.63 Å². The highest BCUT2D eigenvalue weighted by Gasteiger charge is 2.17. The zero-order valence-corrected chi connectivity index (χ0v) is 11.4. The van der Waals surface area contributed by atoms with Gasteiger partial charge in [0.25, 0.3) is 0 Å². The molecule has 0 atom stereocenters. The second kappa shape index (κ2) is 6.21. The van der Waals surface area contributed by atoms with Crippen LogP contribution in [0.1, 0.15) is 30.4 Å². The molecule has 1 aliphatic rings. The third kappa shape index (κ3) is 3.47. The zero-order chi connectivity index (χ0) is 13.0. The minimum Gasteiger partial charge on any atom is -0.273 e. The van der Waals surface area contributed by atoms with Crippen LogP contribution in [0.3, 0.4) is 0 Å². The third-order valence-corrected chi connectivity index (χ3v) is 3.55. The van der Waals surface area contributed by atoms with E-state index in [4.69, 9.17) is 16.4 Å². The highest BCUT2D eigenvalue weighted by molar-refractivity contribution is 6.31. The molecule has 3 nitrogen and oxygen atoms in total. The predicted molar refractivity (Wildman–Crippen MR) is 71.4 cm³/mol. The van der Waals surface area contributed by atoms with E-state index in [1.807, 2.05) is 25.1 Å². The fraction of sp³-hybridized carbons (Fsp3) is 0.500. The monoisotopic (exact) mass is 267 g/mol. The molecule has 2 rings (SSSR count). The first-order valence-electron chi connectivity index (χ1n) is 6.35. The van der Waals surface area contributed by atoms with Crippen LogP contribution in [0.25, 0.3) is 0 Å². The van der Waals surface area contributed by atoms with Crippen molar-refractivity contribution in [2.75, 3.05) is 13.2 Å². The average Bonchev–Trinajstić information content (AvgIpc) is 2.41. The van der Waals surface area contributed by atoms with Gasteiger partial charge in [-0.15, -0.1) is 0 Å². The minimum atomic E-state index is 0.0615. The zero-order valence-electron chi connectivity index (χ0n) is 10.6. The molecular weight excluding hydrogens is 250 g/mol. The Morgan fingerprint density at radius 2 is 2.28 bits per heavy atom. The lowest BCUT2D eigenvalue weighted by Gasteiger charge is -2.25. The number of rotatable bonds is 3. The van der Waals surface area contributed by atoms with Gasteiger partial charge in [0.2, 0.25) is 5.91 Å². The summed E-state index contributed by atoms with van der Waals surface area (Å²) in [5.41, 5.74) is 2.15. The summed E-state index contributed by atoms with van der Waals surface area (Å²) < 4.78 is 0. The standard InChI is InChI=1S/C14H18ClNO2/c1-11-4-5-12(10-13(11)15)6-7-14(17)16-8-2-3-9-18-16/h4-5,10H,2-3,6-9H2,1H3. The lowest BCUT2D eigenvalue weighted by Crippen LogP contribution is -2.35. The number of amides is 1. The SMILES string of the molecule is Cc1ccc(CCC(=O)N2CCCCO2)cc1Cl. The summed E-state index contributed by atoms with van der Waals surface area (Å²) >= 11 is 6.06. The van der Waals surface area contributed by atoms with Crippen molar-refractivity contribution in [3.63, 3.8) is 0 Å². The minimum absolute atomic E-state index is 0.0615. The van der Waals surface area contributed by atoms with Crippen LogP contribution >= 0.6 is 11.6 Å². The maximum atomic E-state index is 11.9. The molecule has 0 unspecified atom stereocenters. The molecule has 0 bridgehead atoms. The number of hydroxylamine groups is 2. The van der Waals surface area contributed by atoms with E-state index in [1.54, 1.807) is 0 Å². The molecule has 1 fully saturated rings. The molecule has 1 saturated heterocycles. The van der Waals surface area contributed by atoms with Crippen LogP contribution in [0.2, 0.25) is 5.02 Å². The van der Waals surface area contributed by atoms with Crippen LogP contribution in [-0.4, -0.2) is 24.1 Å². The van der Waals surface area contributed by atoms with Gasteiger partial charge >= 0.3 is 0 Å². The van der Waals surface area contributed by atoms with Crippen molar-refractivity contribution in [1.82, 2.24) is 5.06 Å². The number of benzene rings is 1. The number of carbonyl (C=O) groups is 1. The van der Waals surface area contributed by atoms with Gasteiger partial charge in [0.15, 0.2) is 0 Å². The molecule has 1 aromatic rings. The Labute approximate surface area is 113 Å². The number of carbonyl (C=O) groups excluding carboxylic acids is 1. The van der Waals surface area contributed by atoms with Gasteiger partial charge < -0.3 is 0 Å². The smallest absolute Gasteiger partial charge is 0.246 e. The van der Waals surface area contributed by atoms with Crippen molar-refractivity contribution in [3.05, 3.63) is 34.3 Å². The maximum Gasteiger partial charge on any atom is 0.246 e. The fourth-order valence-corrected chi connectivity index (χ4v) is 2.16. The lowest BCUT2D eigenvalue weighted by molar-refractivity contribution is -0.197. The van der Waals surface area contributed by atoms with Gasteiger partial charge in [0, 0.05) is 18.0 Å². The van der Waals surface area contributed by atoms with E-state index in [0.717, 1.165) is 29.0 Å². The highest BCUT2D eigenvalue weighted by Crippen LogP contribution is 2.18. The van der Waals surface area contributed by atoms with Crippen LogP contribution in [0.5, 0.6) is 0 Å². The van der Waals surface area contributed by atoms with E-state index in [9.17, 15) is 4.79 Å². The average molecular weight is 268 g/mol. The van der Waals surface area contributed by atoms with Crippen LogP contribution in [0.4, 0.5) is 0 Å². The fourth-order valence-electron chi connectivity index (χ4n) is 1.96. The Morgan fingerprint density at radius 3 is 2.94 bits per heavy atom. The topological polar surface area (TPSA) is 29.5 Å². The van der Waals surface area contributed by atoms with E-state index in [-0.39, 0.29) is 5.91 Å². The molecule has 4 heteroatoms. The van der Waals surface area contributed by atoms with Crippen molar-refractivity contribution in [1.29, 1.82) is 0 Å². The predicted octanol–water partition coefficient (Wildman–Crippen LogP) is 3.14. The Balaban J connectivity index is 1.86. The molecule has 0 aliphatic carbocycles. The Hall–Kier alpha value is -1.06. The third-order valence-electron chi connectivity index (χ3n) is 3.14. The molecule has 1 aromatic carbocycles. The van der Waals surface area contributed by atoms with Gasteiger partial charge in [0.05, 0.1) is 6.61 Å². The molecule has 0 N–H and O–H groups in total. The second-order valence-corrected chi connectivity index (χ2v) is 5.03. The van der Waals surface area contributed by atoms with Crippen molar-refractivity contribution in [2.24, 2.45) is 0 Å². The summed E-state index contributed by atoms with van der Waals surface area (Å²) in [5.74, 6) is 0.0615. The van der Waals surface area contributed by atoms with Crippen LogP contribution in [0, 0.1) is 6.92 Å². The summed E-state index contributed by atoms with van der Waals surface area (Å²) in [4.78, 5) is 17.2. The summed E-state index contributed by atoms with van der Waals surface area (Å²) in [6.07, 6.45) is 3.25. The van der Waals surface area contributed by atoms with E-state index in [1.165, 1.54) is 5.06 Å². The first-order valence-corrected chi connectivity index (χ1v) is 6.73. The molecule has 98 valence electrons. The van der Waals surface area contributed by atoms with E-state index in [0.29, 0.717) is 26.0 Å². The summed E-state index contributed by atoms with van der Waals surface area (Å²) in [5, 5.41) is 2.26. The first kappa shape index (κ1) is 13.4. The van der Waals surface area contributed by atoms with E-state index in [2.05, 4.69) is 0 Å². The van der Waals surface area contributed by atoms with Crippen LogP contribution in [0.15, 0.2) is 18.2 Å². The second-order valence-electron chi connectivity index (χ2n) is 4.62. The molecule has 0 saturated carbocycles. The van der Waals surface area contributed by atoms with Crippen LogP contribution in [-0.2, 0) is 16.1 Å². The highest BCUT2D eigenvalue weighted by atomic mass is 35.5. The van der Waals surface area contributed by atoms with Gasteiger partial charge in [0.1, 0.15) is 0 Å². The largest absolute Gasteiger partial charge is 0.273 e. The molecule has 1 amide bonds. The van der Waals surface area contributed by atoms with Crippen molar-refractivity contribution in [2.45, 2.75) is 32.6 Å².